The fourth-order valence-corrected chi connectivity index (χ4v) is 5.20. The number of benzene rings is 2. The maximum atomic E-state index is 12.6. The molecule has 2 aromatic carbocycles. The highest BCUT2D eigenvalue weighted by molar-refractivity contribution is 7.97. The maximum absolute atomic E-state index is 12.6. The number of hydrogen-bond donors (Lipinski definition) is 0. The zero-order valence-electron chi connectivity index (χ0n) is 17.7. The van der Waals surface area contributed by atoms with Crippen LogP contribution in [0.2, 0.25) is 0 Å². The molecule has 0 amide bonds. The number of anilines is 1. The normalized spacial score (nSPS) is 17.7. The van der Waals surface area contributed by atoms with Gasteiger partial charge in [0, 0.05) is 49.4 Å². The van der Waals surface area contributed by atoms with Crippen molar-refractivity contribution in [2.45, 2.75) is 11.3 Å². The Morgan fingerprint density at radius 3 is 2.53 bits per heavy atom. The molecular weight excluding hydrogens is 398 g/mol. The van der Waals surface area contributed by atoms with Crippen LogP contribution in [-0.2, 0) is 0 Å². The molecular formula is C23H29N3O3S. The van der Waals surface area contributed by atoms with E-state index in [-0.39, 0.29) is 5.78 Å². The van der Waals surface area contributed by atoms with Gasteiger partial charge >= 0.3 is 0 Å². The first-order chi connectivity index (χ1) is 14.7. The van der Waals surface area contributed by atoms with Crippen LogP contribution in [-0.4, -0.2) is 75.0 Å². The molecule has 1 saturated heterocycles. The first-order valence-electron chi connectivity index (χ1n) is 10.4. The highest BCUT2D eigenvalue weighted by Crippen LogP contribution is 2.36. The zero-order chi connectivity index (χ0) is 20.9. The van der Waals surface area contributed by atoms with E-state index in [9.17, 15) is 4.79 Å². The van der Waals surface area contributed by atoms with Gasteiger partial charge in [0.2, 0.25) is 0 Å². The summed E-state index contributed by atoms with van der Waals surface area (Å²) in [6, 6.07) is 14.1. The fourth-order valence-electron chi connectivity index (χ4n) is 4.07. The summed E-state index contributed by atoms with van der Waals surface area (Å²) in [6.45, 7) is 6.58. The van der Waals surface area contributed by atoms with Crippen molar-refractivity contribution < 1.29 is 14.3 Å². The third kappa shape index (κ3) is 4.74. The van der Waals surface area contributed by atoms with Crippen molar-refractivity contribution in [3.8, 4) is 11.5 Å². The number of ether oxygens (including phenoxy) is 2. The Labute approximate surface area is 182 Å². The lowest BCUT2D eigenvalue weighted by atomic mass is 10.1. The summed E-state index contributed by atoms with van der Waals surface area (Å²) >= 11 is 1.67. The molecule has 0 radical (unpaired) electrons. The van der Waals surface area contributed by atoms with Crippen molar-refractivity contribution in [1.82, 2.24) is 9.21 Å². The predicted octanol–water partition coefficient (Wildman–Crippen LogP) is 3.42. The topological polar surface area (TPSA) is 45.2 Å². The zero-order valence-corrected chi connectivity index (χ0v) is 18.5. The monoisotopic (exact) mass is 427 g/mol. The summed E-state index contributed by atoms with van der Waals surface area (Å²) in [7, 11) is 3.33. The number of hydrogen-bond acceptors (Lipinski definition) is 7. The molecule has 0 saturated carbocycles. The lowest BCUT2D eigenvalue weighted by molar-refractivity contribution is 0.0957. The maximum Gasteiger partial charge on any atom is 0.182 e. The summed E-state index contributed by atoms with van der Waals surface area (Å²) in [4.78, 5) is 18.5. The number of carbonyl (C=O) groups excluding carboxylic acids is 1. The van der Waals surface area contributed by atoms with Gasteiger partial charge in [-0.25, -0.2) is 4.31 Å². The van der Waals surface area contributed by atoms with Gasteiger partial charge in [0.05, 0.1) is 26.3 Å². The van der Waals surface area contributed by atoms with Crippen molar-refractivity contribution in [3.63, 3.8) is 0 Å². The summed E-state index contributed by atoms with van der Waals surface area (Å²) < 4.78 is 12.9. The molecule has 7 heteroatoms. The minimum absolute atomic E-state index is 0.146. The molecule has 0 unspecified atom stereocenters. The van der Waals surface area contributed by atoms with E-state index in [1.807, 2.05) is 30.3 Å². The third-order valence-electron chi connectivity index (χ3n) is 5.71. The second-order valence-corrected chi connectivity index (χ2v) is 8.73. The van der Waals surface area contributed by atoms with Crippen molar-refractivity contribution in [3.05, 3.63) is 48.0 Å². The number of fused-ring (bicyclic) bond motifs is 1. The number of carbonyl (C=O) groups is 1. The summed E-state index contributed by atoms with van der Waals surface area (Å²) in [5.74, 6) is 1.73. The highest BCUT2D eigenvalue weighted by atomic mass is 32.2. The quantitative estimate of drug-likeness (QED) is 0.628. The second kappa shape index (κ2) is 9.73. The first kappa shape index (κ1) is 21.0. The van der Waals surface area contributed by atoms with Crippen LogP contribution in [0.5, 0.6) is 11.5 Å². The Morgan fingerprint density at radius 1 is 0.967 bits per heavy atom. The molecule has 0 spiro atoms. The third-order valence-corrected chi connectivity index (χ3v) is 6.81. The molecule has 0 bridgehead atoms. The van der Waals surface area contributed by atoms with Crippen LogP contribution in [0, 0.1) is 0 Å². The van der Waals surface area contributed by atoms with Gasteiger partial charge in [-0.3, -0.25) is 9.69 Å². The smallest absolute Gasteiger partial charge is 0.182 e. The number of piperazine rings is 1. The van der Waals surface area contributed by atoms with Gasteiger partial charge in [-0.05, 0) is 49.2 Å². The Hall–Kier alpha value is -2.22. The van der Waals surface area contributed by atoms with Gasteiger partial charge in [-0.1, -0.05) is 12.1 Å². The summed E-state index contributed by atoms with van der Waals surface area (Å²) in [6.07, 6.45) is 1.05. The Kier molecular flexibility index (Phi) is 6.82. The molecule has 4 rings (SSSR count). The SMILES string of the molecule is COc1cccc(N2CCN(CCCN3CC(=O)c4c(OC)cccc4S3)CC2)c1. The molecule has 2 aliphatic rings. The lowest BCUT2D eigenvalue weighted by Gasteiger charge is -2.36. The average Bonchev–Trinajstić information content (AvgIpc) is 2.79. The minimum atomic E-state index is 0.146. The highest BCUT2D eigenvalue weighted by Gasteiger charge is 2.27. The van der Waals surface area contributed by atoms with E-state index >= 15 is 0 Å². The van der Waals surface area contributed by atoms with Gasteiger partial charge in [-0.2, -0.15) is 0 Å². The number of rotatable bonds is 7. The number of Topliss-reactive ketones (excluding diaryl/α,β-unsaturated/α-hetero) is 1. The van der Waals surface area contributed by atoms with Gasteiger partial charge in [0.1, 0.15) is 11.5 Å². The van der Waals surface area contributed by atoms with Crippen LogP contribution in [0.4, 0.5) is 5.69 Å². The lowest BCUT2D eigenvalue weighted by Crippen LogP contribution is -2.47. The van der Waals surface area contributed by atoms with Gasteiger partial charge < -0.3 is 14.4 Å². The van der Waals surface area contributed by atoms with E-state index in [0.29, 0.717) is 12.3 Å². The van der Waals surface area contributed by atoms with E-state index in [4.69, 9.17) is 9.47 Å². The molecule has 30 heavy (non-hydrogen) atoms. The molecule has 2 heterocycles. The molecule has 0 aromatic heterocycles. The summed E-state index contributed by atoms with van der Waals surface area (Å²) in [5.41, 5.74) is 1.96. The van der Waals surface area contributed by atoms with E-state index in [2.05, 4.69) is 26.2 Å². The Bertz CT molecular complexity index is 884. The van der Waals surface area contributed by atoms with Crippen molar-refractivity contribution in [2.24, 2.45) is 0 Å². The van der Waals surface area contributed by atoms with Gasteiger partial charge in [-0.15, -0.1) is 0 Å². The molecule has 160 valence electrons. The minimum Gasteiger partial charge on any atom is -0.497 e. The van der Waals surface area contributed by atoms with Crippen LogP contribution in [0.25, 0.3) is 0 Å². The van der Waals surface area contributed by atoms with Crippen LogP contribution in [0.3, 0.4) is 0 Å². The molecule has 0 N–H and O–H groups in total. The largest absolute Gasteiger partial charge is 0.497 e. The van der Waals surface area contributed by atoms with Crippen LogP contribution < -0.4 is 14.4 Å². The number of nitrogens with zero attached hydrogens (tertiary/aromatic N) is 3. The molecule has 1 fully saturated rings. The van der Waals surface area contributed by atoms with E-state index in [1.165, 1.54) is 5.69 Å². The van der Waals surface area contributed by atoms with Crippen LogP contribution >= 0.6 is 11.9 Å². The summed E-state index contributed by atoms with van der Waals surface area (Å²) in [5, 5.41) is 0. The first-order valence-corrected chi connectivity index (χ1v) is 11.2. The fraction of sp³-hybridized carbons (Fsp3) is 0.435. The van der Waals surface area contributed by atoms with Crippen molar-refractivity contribution in [1.29, 1.82) is 0 Å². The molecule has 0 aliphatic carbocycles. The van der Waals surface area contributed by atoms with E-state index in [0.717, 1.165) is 61.9 Å². The predicted molar refractivity (Wildman–Crippen MR) is 121 cm³/mol. The van der Waals surface area contributed by atoms with Gasteiger partial charge in [0.15, 0.2) is 5.78 Å². The molecule has 6 nitrogen and oxygen atoms in total. The van der Waals surface area contributed by atoms with Crippen LogP contribution in [0.15, 0.2) is 47.4 Å². The molecule has 2 aliphatic heterocycles. The second-order valence-electron chi connectivity index (χ2n) is 7.60. The van der Waals surface area contributed by atoms with E-state index < -0.39 is 0 Å². The van der Waals surface area contributed by atoms with E-state index in [1.54, 1.807) is 26.2 Å². The number of methoxy groups -OCH3 is 2. The van der Waals surface area contributed by atoms with Crippen LogP contribution in [0.1, 0.15) is 16.8 Å². The molecule has 2 aromatic rings. The molecule has 0 atom stereocenters. The number of ketones is 1. The van der Waals surface area contributed by atoms with Crippen molar-refractivity contribution in [2.75, 3.05) is 64.9 Å². The Morgan fingerprint density at radius 2 is 1.77 bits per heavy atom. The van der Waals surface area contributed by atoms with Gasteiger partial charge in [0.25, 0.3) is 0 Å². The van der Waals surface area contributed by atoms with Crippen molar-refractivity contribution >= 4 is 23.4 Å². The Balaban J connectivity index is 1.23. The average molecular weight is 428 g/mol. The standard InChI is InChI=1S/C23H29N3O3S/c1-28-19-7-3-6-18(16-19)25-14-12-24(13-15-25)10-5-11-26-17-20(27)23-21(29-2)8-4-9-22(23)30-26/h3-4,6-9,16H,5,10-15,17H2,1-2H3.